The molecule has 1 fully saturated rings. The van der Waals surface area contributed by atoms with Crippen LogP contribution in [0.1, 0.15) is 32.1 Å². The predicted molar refractivity (Wildman–Crippen MR) is 63.1 cm³/mol. The number of aliphatic hydroxyl groups excluding tert-OH is 1. The minimum Gasteiger partial charge on any atom is -0.392 e. The summed E-state index contributed by atoms with van der Waals surface area (Å²) in [6, 6.07) is 0.283. The lowest BCUT2D eigenvalue weighted by atomic mass is 10.1. The first-order chi connectivity index (χ1) is 7.86. The zero-order valence-electron chi connectivity index (χ0n) is 9.68. The molecule has 0 radical (unpaired) electrons. The highest BCUT2D eigenvalue weighted by Crippen LogP contribution is 2.17. The van der Waals surface area contributed by atoms with Crippen LogP contribution in [0.5, 0.6) is 0 Å². The predicted octanol–water partition coefficient (Wildman–Crippen LogP) is 1.17. The van der Waals surface area contributed by atoms with E-state index in [-0.39, 0.29) is 12.1 Å². The Hall–Kier alpha value is -0.870. The maximum Gasteiger partial charge on any atom is 0.0946 e. The lowest BCUT2D eigenvalue weighted by Crippen LogP contribution is -2.40. The molecule has 1 aliphatic carbocycles. The Bertz CT molecular complexity index is 286. The highest BCUT2D eigenvalue weighted by Gasteiger charge is 2.20. The molecule has 0 amide bonds. The van der Waals surface area contributed by atoms with Gasteiger partial charge in [-0.25, -0.2) is 4.98 Å². The fourth-order valence-corrected chi connectivity index (χ4v) is 2.32. The van der Waals surface area contributed by atoms with Crippen molar-refractivity contribution in [1.82, 2.24) is 14.9 Å². The van der Waals surface area contributed by atoms with Crippen molar-refractivity contribution in [2.24, 2.45) is 0 Å². The van der Waals surface area contributed by atoms with Crippen molar-refractivity contribution < 1.29 is 5.11 Å². The summed E-state index contributed by atoms with van der Waals surface area (Å²) in [6.45, 7) is 1.82. The molecule has 1 saturated carbocycles. The van der Waals surface area contributed by atoms with Crippen LogP contribution in [0.2, 0.25) is 0 Å². The van der Waals surface area contributed by atoms with Crippen LogP contribution >= 0.6 is 0 Å². The molecule has 4 heteroatoms. The Balaban J connectivity index is 1.71. The number of aromatic nitrogens is 2. The summed E-state index contributed by atoms with van der Waals surface area (Å²) < 4.78 is 2.05. The quantitative estimate of drug-likeness (QED) is 0.753. The lowest BCUT2D eigenvalue weighted by molar-refractivity contribution is 0.119. The summed E-state index contributed by atoms with van der Waals surface area (Å²) in [5, 5.41) is 13.4. The Kier molecular flexibility index (Phi) is 4.36. The van der Waals surface area contributed by atoms with E-state index in [1.165, 1.54) is 19.3 Å². The Morgan fingerprint density at radius 3 is 3.00 bits per heavy atom. The summed E-state index contributed by atoms with van der Waals surface area (Å²) in [5.41, 5.74) is 0. The van der Waals surface area contributed by atoms with Crippen LogP contribution in [0, 0.1) is 0 Å². The zero-order valence-corrected chi connectivity index (χ0v) is 9.68. The molecule has 0 saturated heterocycles. The third-order valence-corrected chi connectivity index (χ3v) is 3.32. The molecular weight excluding hydrogens is 202 g/mol. The molecule has 0 aromatic carbocycles. The van der Waals surface area contributed by atoms with Crippen LogP contribution in [0.25, 0.3) is 0 Å². The number of rotatable bonds is 4. The number of hydrogen-bond donors (Lipinski definition) is 2. The second-order valence-corrected chi connectivity index (χ2v) is 4.57. The minimum absolute atomic E-state index is 0.162. The van der Waals surface area contributed by atoms with Gasteiger partial charge in [0, 0.05) is 31.5 Å². The van der Waals surface area contributed by atoms with Gasteiger partial charge in [0.25, 0.3) is 0 Å². The van der Waals surface area contributed by atoms with E-state index in [9.17, 15) is 5.11 Å². The van der Waals surface area contributed by atoms with Crippen LogP contribution < -0.4 is 5.32 Å². The highest BCUT2D eigenvalue weighted by molar-refractivity contribution is 4.80. The summed E-state index contributed by atoms with van der Waals surface area (Å²) in [7, 11) is 0. The van der Waals surface area contributed by atoms with Crippen molar-refractivity contribution in [3.8, 4) is 0 Å². The fraction of sp³-hybridized carbons (Fsp3) is 0.750. The van der Waals surface area contributed by atoms with Gasteiger partial charge < -0.3 is 15.0 Å². The Morgan fingerprint density at radius 1 is 1.31 bits per heavy atom. The molecule has 2 N–H and O–H groups in total. The van der Waals surface area contributed by atoms with E-state index >= 15 is 0 Å². The third kappa shape index (κ3) is 3.32. The average Bonchev–Trinajstić information content (AvgIpc) is 2.71. The summed E-state index contributed by atoms with van der Waals surface area (Å²) in [6.07, 6.45) is 11.1. The standard InChI is InChI=1S/C12H21N3O/c16-12-5-3-1-2-4-11(12)14-7-9-15-8-6-13-10-15/h6,8,10-12,14,16H,1-5,7,9H2. The summed E-state index contributed by atoms with van der Waals surface area (Å²) in [4.78, 5) is 4.00. The Labute approximate surface area is 96.7 Å². The van der Waals surface area contributed by atoms with Gasteiger partial charge >= 0.3 is 0 Å². The molecule has 0 bridgehead atoms. The SMILES string of the molecule is OC1CCCCCC1NCCn1ccnc1. The van der Waals surface area contributed by atoms with Crippen LogP contribution in [0.4, 0.5) is 0 Å². The van der Waals surface area contributed by atoms with Gasteiger partial charge in [0.2, 0.25) is 0 Å². The van der Waals surface area contributed by atoms with Crippen molar-refractivity contribution >= 4 is 0 Å². The smallest absolute Gasteiger partial charge is 0.0946 e. The third-order valence-electron chi connectivity index (χ3n) is 3.32. The van der Waals surface area contributed by atoms with Gasteiger partial charge in [0.05, 0.1) is 12.4 Å². The van der Waals surface area contributed by atoms with Crippen molar-refractivity contribution in [3.05, 3.63) is 18.7 Å². The molecule has 1 aromatic heterocycles. The first kappa shape index (κ1) is 11.6. The summed E-state index contributed by atoms with van der Waals surface area (Å²) in [5.74, 6) is 0. The van der Waals surface area contributed by atoms with E-state index < -0.39 is 0 Å². The van der Waals surface area contributed by atoms with Crippen LogP contribution in [-0.2, 0) is 6.54 Å². The van der Waals surface area contributed by atoms with Crippen LogP contribution in [0.15, 0.2) is 18.7 Å². The Morgan fingerprint density at radius 2 is 2.19 bits per heavy atom. The molecule has 1 aliphatic rings. The second-order valence-electron chi connectivity index (χ2n) is 4.57. The first-order valence-corrected chi connectivity index (χ1v) is 6.23. The van der Waals surface area contributed by atoms with E-state index in [2.05, 4.69) is 14.9 Å². The van der Waals surface area contributed by atoms with Crippen LogP contribution in [0.3, 0.4) is 0 Å². The van der Waals surface area contributed by atoms with Crippen molar-refractivity contribution in [2.75, 3.05) is 6.54 Å². The van der Waals surface area contributed by atoms with E-state index in [0.717, 1.165) is 25.9 Å². The molecule has 1 aromatic rings. The summed E-state index contributed by atoms with van der Waals surface area (Å²) >= 11 is 0. The van der Waals surface area contributed by atoms with E-state index in [4.69, 9.17) is 0 Å². The van der Waals surface area contributed by atoms with Gasteiger partial charge in [-0.1, -0.05) is 19.3 Å². The number of imidazole rings is 1. The zero-order chi connectivity index (χ0) is 11.2. The second kappa shape index (κ2) is 6.01. The molecule has 1 heterocycles. The molecule has 16 heavy (non-hydrogen) atoms. The minimum atomic E-state index is -0.162. The maximum absolute atomic E-state index is 9.92. The topological polar surface area (TPSA) is 50.1 Å². The molecular formula is C12H21N3O. The highest BCUT2D eigenvalue weighted by atomic mass is 16.3. The van der Waals surface area contributed by atoms with E-state index in [1.54, 1.807) is 6.20 Å². The molecule has 90 valence electrons. The number of nitrogens with one attached hydrogen (secondary N) is 1. The van der Waals surface area contributed by atoms with Gasteiger partial charge in [-0.3, -0.25) is 0 Å². The number of aliphatic hydroxyl groups is 1. The van der Waals surface area contributed by atoms with Gasteiger partial charge in [-0.15, -0.1) is 0 Å². The molecule has 4 nitrogen and oxygen atoms in total. The normalized spacial score (nSPS) is 26.6. The van der Waals surface area contributed by atoms with Crippen LogP contribution in [-0.4, -0.2) is 33.3 Å². The lowest BCUT2D eigenvalue weighted by Gasteiger charge is -2.21. The largest absolute Gasteiger partial charge is 0.392 e. The molecule has 2 unspecified atom stereocenters. The molecule has 0 aliphatic heterocycles. The number of hydrogen-bond acceptors (Lipinski definition) is 3. The molecule has 2 atom stereocenters. The van der Waals surface area contributed by atoms with Gasteiger partial charge in [0.1, 0.15) is 0 Å². The molecule has 2 rings (SSSR count). The average molecular weight is 223 g/mol. The molecule has 0 spiro atoms. The van der Waals surface area contributed by atoms with Gasteiger partial charge in [-0.2, -0.15) is 0 Å². The van der Waals surface area contributed by atoms with Crippen molar-refractivity contribution in [1.29, 1.82) is 0 Å². The number of nitrogens with zero attached hydrogens (tertiary/aromatic N) is 2. The van der Waals surface area contributed by atoms with Gasteiger partial charge in [0.15, 0.2) is 0 Å². The first-order valence-electron chi connectivity index (χ1n) is 6.23. The van der Waals surface area contributed by atoms with Gasteiger partial charge in [-0.05, 0) is 12.8 Å². The van der Waals surface area contributed by atoms with Crippen molar-refractivity contribution in [2.45, 2.75) is 50.8 Å². The van der Waals surface area contributed by atoms with E-state index in [1.807, 2.05) is 12.5 Å². The van der Waals surface area contributed by atoms with Crippen molar-refractivity contribution in [3.63, 3.8) is 0 Å². The maximum atomic E-state index is 9.92. The van der Waals surface area contributed by atoms with E-state index in [0.29, 0.717) is 0 Å². The monoisotopic (exact) mass is 223 g/mol. The fourth-order valence-electron chi connectivity index (χ4n) is 2.32.